The molecule has 1 aromatic heterocycles. The Morgan fingerprint density at radius 3 is 2.52 bits per heavy atom. The quantitative estimate of drug-likeness (QED) is 0.926. The molecular weight excluding hydrogens is 325 g/mol. The fourth-order valence-electron chi connectivity index (χ4n) is 1.60. The zero-order valence-electron chi connectivity index (χ0n) is 10.4. The molecule has 1 unspecified atom stereocenters. The van der Waals surface area contributed by atoms with Gasteiger partial charge < -0.3 is 5.11 Å². The molecule has 2 aromatic rings. The number of halogens is 3. The minimum atomic E-state index is -4.49. The van der Waals surface area contributed by atoms with Crippen molar-refractivity contribution in [2.45, 2.75) is 16.8 Å². The summed E-state index contributed by atoms with van der Waals surface area (Å²) in [6, 6.07) is 7.21. The molecule has 1 aromatic carbocycles. The SMILES string of the molecule is O=C(O)c1ccc(CS(=O)c2cccc(C(F)(F)F)c2)s1. The summed E-state index contributed by atoms with van der Waals surface area (Å²) < 4.78 is 49.8. The first-order chi connectivity index (χ1) is 9.77. The molecule has 0 aliphatic rings. The van der Waals surface area contributed by atoms with Gasteiger partial charge in [0, 0.05) is 9.77 Å². The first kappa shape index (κ1) is 15.7. The van der Waals surface area contributed by atoms with Crippen molar-refractivity contribution in [3.05, 3.63) is 51.7 Å². The van der Waals surface area contributed by atoms with Crippen LogP contribution < -0.4 is 0 Å². The normalized spacial score (nSPS) is 13.1. The predicted octanol–water partition coefficient (Wildman–Crippen LogP) is 3.77. The van der Waals surface area contributed by atoms with Crippen molar-refractivity contribution in [2.24, 2.45) is 0 Å². The molecule has 1 N–H and O–H groups in total. The van der Waals surface area contributed by atoms with E-state index in [0.717, 1.165) is 23.5 Å². The Labute approximate surface area is 124 Å². The van der Waals surface area contributed by atoms with Gasteiger partial charge in [-0.05, 0) is 30.3 Å². The summed E-state index contributed by atoms with van der Waals surface area (Å²) in [6.07, 6.45) is -4.49. The highest BCUT2D eigenvalue weighted by Crippen LogP contribution is 2.30. The Bertz CT molecular complexity index is 692. The summed E-state index contributed by atoms with van der Waals surface area (Å²) in [5.74, 6) is -1.10. The van der Waals surface area contributed by atoms with Crippen molar-refractivity contribution in [3.8, 4) is 0 Å². The largest absolute Gasteiger partial charge is 0.477 e. The van der Waals surface area contributed by atoms with Gasteiger partial charge in [0.25, 0.3) is 0 Å². The van der Waals surface area contributed by atoms with Crippen LogP contribution in [-0.2, 0) is 22.7 Å². The molecule has 0 fully saturated rings. The van der Waals surface area contributed by atoms with Gasteiger partial charge in [-0.1, -0.05) is 6.07 Å². The van der Waals surface area contributed by atoms with Crippen molar-refractivity contribution >= 4 is 28.1 Å². The zero-order chi connectivity index (χ0) is 15.6. The third-order valence-electron chi connectivity index (χ3n) is 2.57. The highest BCUT2D eigenvalue weighted by molar-refractivity contribution is 7.84. The van der Waals surface area contributed by atoms with E-state index in [2.05, 4.69) is 0 Å². The van der Waals surface area contributed by atoms with Gasteiger partial charge in [0.2, 0.25) is 0 Å². The molecule has 0 aliphatic heterocycles. The van der Waals surface area contributed by atoms with Gasteiger partial charge in [0.15, 0.2) is 0 Å². The van der Waals surface area contributed by atoms with Crippen LogP contribution in [0.2, 0.25) is 0 Å². The van der Waals surface area contributed by atoms with Crippen LogP contribution in [0.4, 0.5) is 13.2 Å². The van der Waals surface area contributed by atoms with E-state index in [1.165, 1.54) is 24.3 Å². The number of carbonyl (C=O) groups is 1. The van der Waals surface area contributed by atoms with Crippen LogP contribution in [-0.4, -0.2) is 15.3 Å². The van der Waals surface area contributed by atoms with Gasteiger partial charge >= 0.3 is 12.1 Å². The maximum absolute atomic E-state index is 12.6. The minimum absolute atomic E-state index is 0.0146. The van der Waals surface area contributed by atoms with E-state index >= 15 is 0 Å². The number of rotatable bonds is 4. The first-order valence-corrected chi connectivity index (χ1v) is 7.78. The van der Waals surface area contributed by atoms with Crippen molar-refractivity contribution in [3.63, 3.8) is 0 Å². The number of carboxylic acid groups (broad SMARTS) is 1. The number of carboxylic acids is 1. The number of hydrogen-bond donors (Lipinski definition) is 1. The van der Waals surface area contributed by atoms with E-state index < -0.39 is 28.5 Å². The molecule has 0 bridgehead atoms. The van der Waals surface area contributed by atoms with E-state index in [9.17, 15) is 22.2 Å². The number of thiophene rings is 1. The summed E-state index contributed by atoms with van der Waals surface area (Å²) in [4.78, 5) is 11.4. The van der Waals surface area contributed by atoms with Crippen LogP contribution in [0.15, 0.2) is 41.3 Å². The minimum Gasteiger partial charge on any atom is -0.477 e. The average molecular weight is 334 g/mol. The van der Waals surface area contributed by atoms with E-state index in [1.54, 1.807) is 0 Å². The molecule has 0 radical (unpaired) electrons. The Morgan fingerprint density at radius 1 is 1.24 bits per heavy atom. The van der Waals surface area contributed by atoms with Gasteiger partial charge in [0.1, 0.15) is 4.88 Å². The van der Waals surface area contributed by atoms with Crippen LogP contribution in [0, 0.1) is 0 Å². The lowest BCUT2D eigenvalue weighted by molar-refractivity contribution is -0.137. The molecule has 1 atom stereocenters. The van der Waals surface area contributed by atoms with Crippen LogP contribution in [0.1, 0.15) is 20.1 Å². The second-order valence-electron chi connectivity index (χ2n) is 4.09. The number of benzene rings is 1. The van der Waals surface area contributed by atoms with E-state index in [1.807, 2.05) is 0 Å². The van der Waals surface area contributed by atoms with Crippen molar-refractivity contribution in [1.82, 2.24) is 0 Å². The lowest BCUT2D eigenvalue weighted by Gasteiger charge is -2.08. The van der Waals surface area contributed by atoms with Crippen molar-refractivity contribution in [2.75, 3.05) is 0 Å². The Morgan fingerprint density at radius 2 is 1.95 bits per heavy atom. The number of aromatic carboxylic acids is 1. The van der Waals surface area contributed by atoms with Gasteiger partial charge in [-0.25, -0.2) is 4.79 Å². The van der Waals surface area contributed by atoms with Gasteiger partial charge in [-0.15, -0.1) is 11.3 Å². The van der Waals surface area contributed by atoms with E-state index in [-0.39, 0.29) is 15.5 Å². The van der Waals surface area contributed by atoms with Crippen molar-refractivity contribution in [1.29, 1.82) is 0 Å². The first-order valence-electron chi connectivity index (χ1n) is 5.65. The molecule has 21 heavy (non-hydrogen) atoms. The topological polar surface area (TPSA) is 54.4 Å². The van der Waals surface area contributed by atoms with Crippen LogP contribution in [0.3, 0.4) is 0 Å². The Hall–Kier alpha value is -1.67. The summed E-state index contributed by atoms with van der Waals surface area (Å²) >= 11 is 0.959. The van der Waals surface area contributed by atoms with Crippen LogP contribution in [0.25, 0.3) is 0 Å². The third kappa shape index (κ3) is 3.92. The average Bonchev–Trinajstić information content (AvgIpc) is 2.86. The van der Waals surface area contributed by atoms with Crippen LogP contribution >= 0.6 is 11.3 Å². The summed E-state index contributed by atoms with van der Waals surface area (Å²) in [6.45, 7) is 0. The smallest absolute Gasteiger partial charge is 0.416 e. The fraction of sp³-hybridized carbons (Fsp3) is 0.154. The monoisotopic (exact) mass is 334 g/mol. The van der Waals surface area contributed by atoms with Crippen LogP contribution in [0.5, 0.6) is 0 Å². The second-order valence-corrected chi connectivity index (χ2v) is 6.71. The molecular formula is C13H9F3O3S2. The molecule has 8 heteroatoms. The second kappa shape index (κ2) is 5.98. The van der Waals surface area contributed by atoms with Crippen molar-refractivity contribution < 1.29 is 27.3 Å². The Balaban J connectivity index is 2.18. The van der Waals surface area contributed by atoms with E-state index in [0.29, 0.717) is 4.88 Å². The molecule has 112 valence electrons. The fourth-order valence-corrected chi connectivity index (χ4v) is 3.81. The molecule has 0 amide bonds. The molecule has 0 aliphatic carbocycles. The molecule has 0 spiro atoms. The molecule has 3 nitrogen and oxygen atoms in total. The summed E-state index contributed by atoms with van der Waals surface area (Å²) in [7, 11) is -1.66. The highest BCUT2D eigenvalue weighted by Gasteiger charge is 2.30. The predicted molar refractivity (Wildman–Crippen MR) is 72.8 cm³/mol. The van der Waals surface area contributed by atoms with Gasteiger partial charge in [-0.2, -0.15) is 13.2 Å². The highest BCUT2D eigenvalue weighted by atomic mass is 32.2. The summed E-state index contributed by atoms with van der Waals surface area (Å²) in [5, 5.41) is 8.78. The lowest BCUT2D eigenvalue weighted by Crippen LogP contribution is -2.06. The molecule has 0 saturated heterocycles. The van der Waals surface area contributed by atoms with E-state index in [4.69, 9.17) is 5.11 Å². The Kier molecular flexibility index (Phi) is 4.48. The lowest BCUT2D eigenvalue weighted by atomic mass is 10.2. The maximum atomic E-state index is 12.6. The number of alkyl halides is 3. The third-order valence-corrected chi connectivity index (χ3v) is 5.18. The van der Waals surface area contributed by atoms with Gasteiger partial charge in [0.05, 0.1) is 22.1 Å². The standard InChI is InChI=1S/C13H9F3O3S2/c14-13(15,16)8-2-1-3-10(6-8)21(19)7-9-4-5-11(20-9)12(17)18/h1-6H,7H2,(H,17,18). The summed E-state index contributed by atoms with van der Waals surface area (Å²) in [5.41, 5.74) is -0.856. The maximum Gasteiger partial charge on any atom is 0.416 e. The number of hydrogen-bond acceptors (Lipinski definition) is 3. The molecule has 0 saturated carbocycles. The molecule has 2 rings (SSSR count). The molecule has 1 heterocycles. The van der Waals surface area contributed by atoms with Gasteiger partial charge in [-0.3, -0.25) is 4.21 Å². The zero-order valence-corrected chi connectivity index (χ0v) is 12.0.